The first-order valence-corrected chi connectivity index (χ1v) is 56.4. The lowest BCUT2D eigenvalue weighted by molar-refractivity contribution is -0.256. The Morgan fingerprint density at radius 3 is 0.589 bits per heavy atom. The summed E-state index contributed by atoms with van der Waals surface area (Å²) in [5, 5.41) is 21.4. The van der Waals surface area contributed by atoms with E-state index in [1.165, 1.54) is 366 Å². The third kappa shape index (κ3) is 61.9. The number of aromatic carboxylic acids is 2. The zero-order valence-electron chi connectivity index (χ0n) is 73.9. The predicted molar refractivity (Wildman–Crippen MR) is 485 cm³/mol. The third-order valence-electron chi connectivity index (χ3n) is 23.5. The minimum Gasteiger partial charge on any atom is -0.744 e. The third-order valence-corrected chi connectivity index (χ3v) is 39.5. The molecule has 0 aromatic heterocycles. The lowest BCUT2D eigenvalue weighted by Gasteiger charge is -2.28. The highest BCUT2D eigenvalue weighted by molar-refractivity contribution is 7.86. The molecule has 0 unspecified atom stereocenters. The van der Waals surface area contributed by atoms with Crippen LogP contribution in [0.1, 0.15) is 489 Å². The zero-order chi connectivity index (χ0) is 79.5. The van der Waals surface area contributed by atoms with Gasteiger partial charge in [0.05, 0.1) is 90.8 Å². The van der Waals surface area contributed by atoms with Gasteiger partial charge in [0.25, 0.3) is 0 Å². The summed E-state index contributed by atoms with van der Waals surface area (Å²) in [6.07, 6.45) is 108. The van der Waals surface area contributed by atoms with Crippen LogP contribution in [0.3, 0.4) is 0 Å². The van der Waals surface area contributed by atoms with Gasteiger partial charge in [-0.15, -0.1) is 0 Å². The minimum atomic E-state index is -4.92. The van der Waals surface area contributed by atoms with Crippen LogP contribution in [-0.2, 0) is 10.1 Å². The fourth-order valence-electron chi connectivity index (χ4n) is 16.2. The molecule has 632 valence electrons. The second kappa shape index (κ2) is 77.4. The Kier molecular flexibility index (Phi) is 78.1. The van der Waals surface area contributed by atoms with Gasteiger partial charge in [-0.3, -0.25) is 0 Å². The maximum atomic E-state index is 11.1. The van der Waals surface area contributed by atoms with Gasteiger partial charge in [-0.05, 0) is 136 Å². The summed E-state index contributed by atoms with van der Waals surface area (Å²) >= 11 is 0. The van der Waals surface area contributed by atoms with E-state index in [1.54, 1.807) is 93.2 Å². The maximum Gasteiger partial charge on any atom is 0.125 e. The van der Waals surface area contributed by atoms with Crippen LogP contribution >= 0.6 is 21.8 Å². The Bertz CT molecular complexity index is 2150. The summed E-state index contributed by atoms with van der Waals surface area (Å²) in [6, 6.07) is 4.88. The molecular weight excluding hydrogens is 1390 g/mol. The van der Waals surface area contributed by atoms with Gasteiger partial charge in [0.2, 0.25) is 0 Å². The molecule has 0 amide bonds. The largest absolute Gasteiger partial charge is 0.744 e. The van der Waals surface area contributed by atoms with Gasteiger partial charge in [0.1, 0.15) is 10.1 Å². The first kappa shape index (κ1) is 108. The quantitative estimate of drug-likeness (QED) is 0.0365. The maximum absolute atomic E-state index is 11.1. The number of carboxylic acid groups (broad SMARTS) is 2. The highest BCUT2D eigenvalue weighted by Crippen LogP contribution is 2.63. The Balaban J connectivity index is 0. The van der Waals surface area contributed by atoms with Gasteiger partial charge >= 0.3 is 0 Å². The number of benzene rings is 2. The average Bonchev–Trinajstić information content (AvgIpc) is 0.776. The van der Waals surface area contributed by atoms with Crippen LogP contribution in [0.25, 0.3) is 10.8 Å². The molecular formula is C96H185O7P3S. The molecule has 0 saturated heterocycles. The van der Waals surface area contributed by atoms with Gasteiger partial charge in [0, 0.05) is 21.8 Å². The molecule has 11 heteroatoms. The average molecular weight is 1580 g/mol. The summed E-state index contributed by atoms with van der Waals surface area (Å²) in [6.45, 7) is 28.4. The molecule has 0 heterocycles. The normalized spacial score (nSPS) is 11.9. The molecule has 0 fully saturated rings. The number of carbonyl (C=O) groups is 2. The van der Waals surface area contributed by atoms with Crippen molar-refractivity contribution in [2.24, 2.45) is 0 Å². The molecule has 2 aromatic rings. The second-order valence-electron chi connectivity index (χ2n) is 33.6. The predicted octanol–water partition coefficient (Wildman–Crippen LogP) is 31.1. The highest BCUT2D eigenvalue weighted by Gasteiger charge is 2.37. The van der Waals surface area contributed by atoms with E-state index >= 15 is 0 Å². The fourth-order valence-corrected chi connectivity index (χ4v) is 32.5. The molecule has 107 heavy (non-hydrogen) atoms. The van der Waals surface area contributed by atoms with Crippen molar-refractivity contribution in [3.8, 4) is 0 Å². The van der Waals surface area contributed by atoms with Crippen LogP contribution in [0.2, 0.25) is 0 Å². The van der Waals surface area contributed by atoms with E-state index in [2.05, 4.69) is 83.1 Å². The number of hydrogen-bond acceptors (Lipinski definition) is 7. The summed E-state index contributed by atoms with van der Waals surface area (Å²) in [4.78, 5) is 20.8. The fraction of sp³-hybridized carbons (Fsp3) is 0.875. The molecule has 7 nitrogen and oxygen atoms in total. The molecule has 0 saturated carbocycles. The van der Waals surface area contributed by atoms with Crippen LogP contribution < -0.4 is 10.2 Å². The van der Waals surface area contributed by atoms with Crippen LogP contribution in [0.4, 0.5) is 0 Å². The minimum absolute atomic E-state index is 0.0252. The SMILES string of the molecule is CCCCCCCCCCCCCCCC[P+](CCCC)(CCCC)CCCC.CCCCCCCCCCCCCCCC[P+](CCCC)(CCCC)CCCC.CCCCCCCCCCCCCCCC[P+](CCCC)(CCCC)CCCC.O=C([O-])c1ccc2c(S(=O)(=O)[O-])cc(C(=O)[O-])cc2c1. The van der Waals surface area contributed by atoms with Crippen LogP contribution in [0.15, 0.2) is 35.2 Å². The van der Waals surface area contributed by atoms with E-state index in [-0.39, 0.29) is 16.3 Å². The number of rotatable bonds is 75. The van der Waals surface area contributed by atoms with Crippen molar-refractivity contribution < 1.29 is 32.8 Å². The van der Waals surface area contributed by atoms with E-state index in [0.717, 1.165) is 24.3 Å². The Morgan fingerprint density at radius 1 is 0.243 bits per heavy atom. The summed E-state index contributed by atoms with van der Waals surface area (Å²) < 4.78 is 33.4. The molecule has 0 radical (unpaired) electrons. The molecule has 2 aromatic carbocycles. The van der Waals surface area contributed by atoms with Gasteiger partial charge in [-0.2, -0.15) is 0 Å². The Hall–Kier alpha value is -1.16. The Labute approximate surface area is 671 Å². The van der Waals surface area contributed by atoms with Crippen LogP contribution in [-0.4, -0.2) is 98.9 Å². The summed E-state index contributed by atoms with van der Waals surface area (Å²) in [5.74, 6) is -3.20. The summed E-state index contributed by atoms with van der Waals surface area (Å²) in [5.41, 5.74) is -0.815. The van der Waals surface area contributed by atoms with Crippen molar-refractivity contribution >= 4 is 54.6 Å². The smallest absolute Gasteiger partial charge is 0.125 e. The molecule has 0 aliphatic carbocycles. The van der Waals surface area contributed by atoms with Crippen molar-refractivity contribution in [2.45, 2.75) is 473 Å². The molecule has 2 rings (SSSR count). The molecule has 0 N–H and O–H groups in total. The van der Waals surface area contributed by atoms with Gasteiger partial charge in [0.15, 0.2) is 0 Å². The molecule has 0 spiro atoms. The van der Waals surface area contributed by atoms with E-state index in [9.17, 15) is 32.8 Å². The Morgan fingerprint density at radius 2 is 0.411 bits per heavy atom. The number of unbranched alkanes of at least 4 members (excludes halogenated alkanes) is 48. The zero-order valence-corrected chi connectivity index (χ0v) is 77.4. The number of fused-ring (bicyclic) bond motifs is 1. The van der Waals surface area contributed by atoms with Crippen LogP contribution in [0, 0.1) is 0 Å². The topological polar surface area (TPSA) is 137 Å². The van der Waals surface area contributed by atoms with Crippen molar-refractivity contribution in [3.63, 3.8) is 0 Å². The number of carbonyl (C=O) groups excluding carboxylic acids is 2. The van der Waals surface area contributed by atoms with Gasteiger partial charge in [-0.25, -0.2) is 8.42 Å². The van der Waals surface area contributed by atoms with Crippen molar-refractivity contribution in [1.29, 1.82) is 0 Å². The lowest BCUT2D eigenvalue weighted by Crippen LogP contribution is -2.23. The molecule has 0 aliphatic heterocycles. The number of carboxylic acids is 2. The van der Waals surface area contributed by atoms with E-state index < -0.39 is 54.3 Å². The molecule has 0 aliphatic rings. The standard InChI is InChI=1S/3C28H60P.C12H8O7S/c3*1-5-9-13-14-15-16-17-18-19-20-21-22-23-24-28-29(25-10-6-2,26-11-7-3)27-12-8-4;13-11(14)6-1-2-9-7(3-6)4-8(12(15)16)5-10(9)20(17,18)19/h3*5-28H2,1-4H3;1-5H,(H,13,14)(H,15,16)(H,17,18,19)/q3*+1;/p-3. The van der Waals surface area contributed by atoms with Crippen molar-refractivity contribution in [2.75, 3.05) is 73.9 Å². The second-order valence-corrected chi connectivity index (χ2v) is 48.4. The van der Waals surface area contributed by atoms with Gasteiger partial charge in [-0.1, -0.05) is 384 Å². The van der Waals surface area contributed by atoms with Gasteiger partial charge < -0.3 is 24.4 Å². The van der Waals surface area contributed by atoms with Crippen molar-refractivity contribution in [1.82, 2.24) is 0 Å². The van der Waals surface area contributed by atoms with E-state index in [0.29, 0.717) is 6.07 Å². The first-order chi connectivity index (χ1) is 51.9. The lowest BCUT2D eigenvalue weighted by atomic mass is 10.0. The highest BCUT2D eigenvalue weighted by atomic mass is 32.2. The van der Waals surface area contributed by atoms with E-state index in [1.807, 2.05) is 0 Å². The summed E-state index contributed by atoms with van der Waals surface area (Å²) in [7, 11) is -6.81. The first-order valence-electron chi connectivity index (χ1n) is 47.4. The number of hydrogen-bond donors (Lipinski definition) is 0. The van der Waals surface area contributed by atoms with Crippen molar-refractivity contribution in [3.05, 3.63) is 41.5 Å². The van der Waals surface area contributed by atoms with Crippen LogP contribution in [0.5, 0.6) is 0 Å². The van der Waals surface area contributed by atoms with E-state index in [4.69, 9.17) is 0 Å². The molecule has 0 bridgehead atoms. The monoisotopic (exact) mass is 1580 g/mol. The molecule has 0 atom stereocenters.